The zero-order chi connectivity index (χ0) is 11.0. The first-order valence-electron chi connectivity index (χ1n) is 4.81. The molecule has 0 aromatic heterocycles. The van der Waals surface area contributed by atoms with E-state index in [1.54, 1.807) is 14.2 Å². The molecule has 4 nitrogen and oxygen atoms in total. The van der Waals surface area contributed by atoms with Gasteiger partial charge in [-0.15, -0.1) is 0 Å². The lowest BCUT2D eigenvalue weighted by atomic mass is 10.1. The third-order valence-corrected chi connectivity index (χ3v) is 2.90. The molecule has 0 aromatic rings. The molecule has 0 aliphatic heterocycles. The summed E-state index contributed by atoms with van der Waals surface area (Å²) in [5.74, 6) is -0.667. The average molecular weight is 220 g/mol. The van der Waals surface area contributed by atoms with E-state index in [4.69, 9.17) is 9.47 Å². The molecule has 0 unspecified atom stereocenters. The van der Waals surface area contributed by atoms with Crippen molar-refractivity contribution in [1.29, 1.82) is 0 Å². The molecule has 0 fully saturated rings. The van der Waals surface area contributed by atoms with E-state index in [1.165, 1.54) is 0 Å². The predicted molar refractivity (Wildman–Crippen MR) is 56.9 cm³/mol. The van der Waals surface area contributed by atoms with E-state index in [9.17, 15) is 4.79 Å². The van der Waals surface area contributed by atoms with E-state index >= 15 is 0 Å². The molecule has 0 heterocycles. The minimum absolute atomic E-state index is 0.131. The Kier molecular flexibility index (Phi) is 6.78. The Morgan fingerprint density at radius 1 is 1.36 bits per heavy atom. The van der Waals surface area contributed by atoms with Crippen LogP contribution >= 0.6 is 0 Å². The fraction of sp³-hybridized carbons (Fsp3) is 0.889. The van der Waals surface area contributed by atoms with Gasteiger partial charge in [-0.1, -0.05) is 6.92 Å². The van der Waals surface area contributed by atoms with E-state index in [2.05, 4.69) is 4.43 Å². The number of rotatable bonds is 7. The maximum Gasteiger partial charge on any atom is 0.291 e. The topological polar surface area (TPSA) is 44.8 Å². The Bertz CT molecular complexity index is 160. The average Bonchev–Trinajstić information content (AvgIpc) is 2.25. The van der Waals surface area contributed by atoms with Crippen molar-refractivity contribution in [2.75, 3.05) is 14.2 Å². The fourth-order valence-electron chi connectivity index (χ4n) is 1.36. The second-order valence-electron chi connectivity index (χ2n) is 3.10. The molecule has 0 radical (unpaired) electrons. The van der Waals surface area contributed by atoms with Gasteiger partial charge >= 0.3 is 0 Å². The van der Waals surface area contributed by atoms with Gasteiger partial charge in [0.05, 0.1) is 0 Å². The van der Waals surface area contributed by atoms with Crippen LogP contribution in [0.4, 0.5) is 0 Å². The van der Waals surface area contributed by atoms with Crippen LogP contribution in [0.1, 0.15) is 32.6 Å². The highest BCUT2D eigenvalue weighted by atomic mass is 28.2. The summed E-state index contributed by atoms with van der Waals surface area (Å²) in [6.45, 7) is 2.00. The molecule has 0 aliphatic rings. The number of carbonyl (C=O) groups is 1. The molecule has 14 heavy (non-hydrogen) atoms. The summed E-state index contributed by atoms with van der Waals surface area (Å²) in [5.41, 5.74) is 0. The van der Waals surface area contributed by atoms with E-state index in [-0.39, 0.29) is 5.97 Å². The van der Waals surface area contributed by atoms with Gasteiger partial charge in [0.1, 0.15) is 0 Å². The lowest BCUT2D eigenvalue weighted by Gasteiger charge is -2.29. The van der Waals surface area contributed by atoms with Crippen LogP contribution in [0.25, 0.3) is 0 Å². The lowest BCUT2D eigenvalue weighted by molar-refractivity contribution is -0.212. The number of ether oxygens (including phenoxy) is 2. The highest BCUT2D eigenvalue weighted by molar-refractivity contribution is 6.05. The minimum atomic E-state index is -0.536. The highest BCUT2D eigenvalue weighted by Gasteiger charge is 2.26. The van der Waals surface area contributed by atoms with Gasteiger partial charge in [0, 0.05) is 27.1 Å². The Labute approximate surface area is 88.5 Å². The van der Waals surface area contributed by atoms with E-state index in [0.29, 0.717) is 23.3 Å². The Hall–Kier alpha value is -0.393. The van der Waals surface area contributed by atoms with Gasteiger partial charge < -0.3 is 13.9 Å². The van der Waals surface area contributed by atoms with Crippen LogP contribution in [0.15, 0.2) is 0 Å². The minimum Gasteiger partial charge on any atom is -0.529 e. The molecule has 0 bridgehead atoms. The van der Waals surface area contributed by atoms with Gasteiger partial charge in [-0.05, 0) is 12.8 Å². The zero-order valence-electron chi connectivity index (χ0n) is 9.46. The largest absolute Gasteiger partial charge is 0.529 e. The maximum absolute atomic E-state index is 10.9. The SMILES string of the molecule is CCC(CCCC(=O)O[SiH3])(OC)OC. The Balaban J connectivity index is 3.88. The first kappa shape index (κ1) is 13.6. The second-order valence-corrected chi connectivity index (χ2v) is 3.51. The summed E-state index contributed by atoms with van der Waals surface area (Å²) in [6.07, 6.45) is 2.66. The molecule has 5 heteroatoms. The number of hydrogen-bond acceptors (Lipinski definition) is 4. The highest BCUT2D eigenvalue weighted by Crippen LogP contribution is 2.23. The van der Waals surface area contributed by atoms with Crippen LogP contribution in [-0.2, 0) is 18.7 Å². The normalized spacial score (nSPS) is 11.6. The van der Waals surface area contributed by atoms with Gasteiger partial charge in [0.2, 0.25) is 10.5 Å². The number of methoxy groups -OCH3 is 2. The molecule has 0 saturated heterocycles. The van der Waals surface area contributed by atoms with Crippen molar-refractivity contribution in [2.45, 2.75) is 38.4 Å². The Morgan fingerprint density at radius 3 is 2.29 bits per heavy atom. The zero-order valence-corrected chi connectivity index (χ0v) is 11.5. The molecule has 0 aromatic carbocycles. The van der Waals surface area contributed by atoms with Crippen LogP contribution in [0.5, 0.6) is 0 Å². The molecule has 84 valence electrons. The van der Waals surface area contributed by atoms with Crippen LogP contribution in [0.3, 0.4) is 0 Å². The second kappa shape index (κ2) is 6.97. The molecule has 0 spiro atoms. The molecule has 0 N–H and O–H groups in total. The van der Waals surface area contributed by atoms with Crippen molar-refractivity contribution < 1.29 is 18.7 Å². The van der Waals surface area contributed by atoms with Crippen LogP contribution < -0.4 is 0 Å². The lowest BCUT2D eigenvalue weighted by Crippen LogP contribution is -2.32. The molecule has 0 amide bonds. The first-order chi connectivity index (χ1) is 6.64. The van der Waals surface area contributed by atoms with Crippen LogP contribution in [-0.4, -0.2) is 36.5 Å². The Morgan fingerprint density at radius 2 is 1.93 bits per heavy atom. The summed E-state index contributed by atoms with van der Waals surface area (Å²) >= 11 is 0. The smallest absolute Gasteiger partial charge is 0.291 e. The van der Waals surface area contributed by atoms with Crippen molar-refractivity contribution in [3.8, 4) is 0 Å². The number of hydrogen-bond donors (Lipinski definition) is 0. The molecule has 0 rings (SSSR count). The van der Waals surface area contributed by atoms with Gasteiger partial charge in [-0.25, -0.2) is 0 Å². The summed E-state index contributed by atoms with van der Waals surface area (Å²) in [4.78, 5) is 10.9. The van der Waals surface area contributed by atoms with Crippen molar-refractivity contribution in [1.82, 2.24) is 0 Å². The maximum atomic E-state index is 10.9. The van der Waals surface area contributed by atoms with Crippen molar-refractivity contribution in [3.63, 3.8) is 0 Å². The van der Waals surface area contributed by atoms with E-state index < -0.39 is 5.79 Å². The van der Waals surface area contributed by atoms with Crippen LogP contribution in [0.2, 0.25) is 0 Å². The predicted octanol–water partition coefficient (Wildman–Crippen LogP) is 0.379. The third-order valence-electron chi connectivity index (χ3n) is 2.45. The molecular weight excluding hydrogens is 200 g/mol. The van der Waals surface area contributed by atoms with E-state index in [1.807, 2.05) is 6.92 Å². The van der Waals surface area contributed by atoms with Crippen molar-refractivity contribution >= 4 is 16.5 Å². The fourth-order valence-corrected chi connectivity index (χ4v) is 1.56. The molecule has 0 atom stereocenters. The summed E-state index contributed by atoms with van der Waals surface area (Å²) in [5, 5.41) is 0. The van der Waals surface area contributed by atoms with E-state index in [0.717, 1.165) is 12.8 Å². The summed E-state index contributed by atoms with van der Waals surface area (Å²) in [7, 11) is 3.72. The van der Waals surface area contributed by atoms with Crippen molar-refractivity contribution in [2.24, 2.45) is 0 Å². The summed E-state index contributed by atoms with van der Waals surface area (Å²) < 4.78 is 15.3. The third kappa shape index (κ3) is 4.21. The standard InChI is InChI=1S/C9H20O4Si/c1-4-9(11-2,12-3)7-5-6-8(10)13-14/h4-7H2,1-3,14H3. The molecule has 0 aliphatic carbocycles. The van der Waals surface area contributed by atoms with Crippen molar-refractivity contribution in [3.05, 3.63) is 0 Å². The number of carbonyl (C=O) groups excluding carboxylic acids is 1. The first-order valence-corrected chi connectivity index (χ1v) is 5.63. The molecular formula is C9H20O4Si. The van der Waals surface area contributed by atoms with Gasteiger partial charge in [-0.3, -0.25) is 4.79 Å². The van der Waals surface area contributed by atoms with Gasteiger partial charge in [0.25, 0.3) is 5.97 Å². The summed E-state index contributed by atoms with van der Waals surface area (Å²) in [6, 6.07) is 0. The molecule has 0 saturated carbocycles. The monoisotopic (exact) mass is 220 g/mol. The van der Waals surface area contributed by atoms with Crippen LogP contribution in [0, 0.1) is 0 Å². The van der Waals surface area contributed by atoms with Gasteiger partial charge in [-0.2, -0.15) is 0 Å². The van der Waals surface area contributed by atoms with Gasteiger partial charge in [0.15, 0.2) is 5.79 Å². The quantitative estimate of drug-likeness (QED) is 0.459.